The molecule has 0 fully saturated rings. The van der Waals surface area contributed by atoms with Crippen molar-refractivity contribution < 1.29 is 13.9 Å². The van der Waals surface area contributed by atoms with Crippen LogP contribution in [0.1, 0.15) is 12.5 Å². The molecule has 0 aromatic heterocycles. The molecule has 0 aliphatic heterocycles. The van der Waals surface area contributed by atoms with Crippen LogP contribution in [0.25, 0.3) is 6.08 Å². The predicted molar refractivity (Wildman–Crippen MR) is 92.4 cm³/mol. The maximum absolute atomic E-state index is 14.0. The van der Waals surface area contributed by atoms with E-state index in [0.29, 0.717) is 5.56 Å². The second-order valence-corrected chi connectivity index (χ2v) is 40.1. The molecule has 1 rings (SSSR count). The molecule has 0 aliphatic carbocycles. The number of hydrogen-bond donors (Lipinski definition) is 0. The fourth-order valence-corrected chi connectivity index (χ4v) is 55.5. The molecule has 1 aromatic rings. The average Bonchev–Trinajstić information content (AvgIpc) is 2.26. The molecule has 0 radical (unpaired) electrons. The van der Waals surface area contributed by atoms with Crippen molar-refractivity contribution in [2.24, 2.45) is 0 Å². The average molecular weight is 506 g/mol. The minimum absolute atomic E-state index is 0.0635. The van der Waals surface area contributed by atoms with Crippen LogP contribution in [-0.2, 0) is 4.79 Å². The van der Waals surface area contributed by atoms with Crippen LogP contribution in [-0.4, -0.2) is 42.7 Å². The molecule has 116 valence electrons. The SMILES string of the molecule is CC(=O)Oc1c(F)cccc1C=[C]([Sn]([CH3])([CH3])[CH3])[Sn]([CH3])([CH3])[CH3]. The number of carbonyl (C=O) groups is 1. The molecule has 0 spiro atoms. The summed E-state index contributed by atoms with van der Waals surface area (Å²) in [6, 6.07) is 4.83. The third-order valence-corrected chi connectivity index (χ3v) is 41.9. The summed E-state index contributed by atoms with van der Waals surface area (Å²) in [5.41, 5.74) is 0.693. The van der Waals surface area contributed by atoms with Crippen molar-refractivity contribution in [2.75, 3.05) is 0 Å². The van der Waals surface area contributed by atoms with E-state index in [2.05, 4.69) is 35.7 Å². The molecule has 21 heavy (non-hydrogen) atoms. The van der Waals surface area contributed by atoms with Crippen LogP contribution in [0, 0.1) is 5.82 Å². The Kier molecular flexibility index (Phi) is 6.36. The number of benzene rings is 1. The predicted octanol–water partition coefficient (Wildman–Crippen LogP) is 4.89. The van der Waals surface area contributed by atoms with Gasteiger partial charge in [-0.25, -0.2) is 0 Å². The van der Waals surface area contributed by atoms with Crippen LogP contribution in [0.15, 0.2) is 19.8 Å². The van der Waals surface area contributed by atoms with Crippen molar-refractivity contribution in [1.82, 2.24) is 0 Å². The van der Waals surface area contributed by atoms with Crippen molar-refractivity contribution >= 4 is 48.8 Å². The van der Waals surface area contributed by atoms with Gasteiger partial charge < -0.3 is 0 Å². The number of para-hydroxylation sites is 1. The summed E-state index contributed by atoms with van der Waals surface area (Å²) in [4.78, 5) is 25.5. The summed E-state index contributed by atoms with van der Waals surface area (Å²) >= 11 is -4.54. The normalized spacial score (nSPS) is 12.0. The first-order valence-corrected chi connectivity index (χ1v) is 27.1. The first-order valence-electron chi connectivity index (χ1n) is 7.12. The van der Waals surface area contributed by atoms with E-state index in [1.54, 1.807) is 7.67 Å². The Balaban J connectivity index is 3.48. The van der Waals surface area contributed by atoms with E-state index in [1.165, 1.54) is 13.0 Å². The Morgan fingerprint density at radius 1 is 1.10 bits per heavy atom. The zero-order valence-electron chi connectivity index (χ0n) is 14.0. The summed E-state index contributed by atoms with van der Waals surface area (Å²) < 4.78 is 20.7. The van der Waals surface area contributed by atoms with Crippen molar-refractivity contribution in [3.8, 4) is 5.75 Å². The Bertz CT molecular complexity index is 551. The van der Waals surface area contributed by atoms with Crippen molar-refractivity contribution in [3.63, 3.8) is 0 Å². The van der Waals surface area contributed by atoms with Crippen molar-refractivity contribution in [3.05, 3.63) is 31.2 Å². The standard InChI is InChI=1S/C10H7FO2.6CH3.2Sn/c1-3-8-5-4-6-9(11)10(8)13-7(2)12;;;;;;;;/h3-6H,2H3;6*1H3;;. The van der Waals surface area contributed by atoms with Gasteiger partial charge in [-0.05, 0) is 0 Å². The van der Waals surface area contributed by atoms with Gasteiger partial charge in [0.2, 0.25) is 0 Å². The van der Waals surface area contributed by atoms with Gasteiger partial charge in [0.25, 0.3) is 0 Å². The molecule has 0 atom stereocenters. The van der Waals surface area contributed by atoms with E-state index in [-0.39, 0.29) is 5.75 Å². The molecular weight excluding hydrogens is 481 g/mol. The fraction of sp³-hybridized carbons (Fsp3) is 0.438. The number of rotatable bonds is 4. The van der Waals surface area contributed by atoms with E-state index in [4.69, 9.17) is 4.74 Å². The molecule has 0 aliphatic rings. The molecule has 0 heterocycles. The third-order valence-electron chi connectivity index (χ3n) is 3.16. The van der Waals surface area contributed by atoms with E-state index < -0.39 is 48.5 Å². The molecule has 0 amide bonds. The van der Waals surface area contributed by atoms with Gasteiger partial charge in [0, 0.05) is 0 Å². The molecule has 0 saturated carbocycles. The van der Waals surface area contributed by atoms with Gasteiger partial charge in [-0.1, -0.05) is 0 Å². The Morgan fingerprint density at radius 3 is 2.05 bits per heavy atom. The van der Waals surface area contributed by atoms with E-state index in [9.17, 15) is 9.18 Å². The first kappa shape index (κ1) is 19.0. The summed E-state index contributed by atoms with van der Waals surface area (Å²) in [5.74, 6) is -0.907. The Morgan fingerprint density at radius 2 is 1.62 bits per heavy atom. The van der Waals surface area contributed by atoms with Crippen molar-refractivity contribution in [2.45, 2.75) is 36.6 Å². The zero-order chi connectivity index (χ0) is 16.4. The topological polar surface area (TPSA) is 26.3 Å². The number of carbonyl (C=O) groups excluding carboxylic acids is 1. The van der Waals surface area contributed by atoms with Gasteiger partial charge >= 0.3 is 136 Å². The van der Waals surface area contributed by atoms with Crippen LogP contribution >= 0.6 is 0 Å². The molecule has 0 unspecified atom stereocenters. The van der Waals surface area contributed by atoms with Gasteiger partial charge in [-0.15, -0.1) is 0 Å². The number of hydrogen-bond acceptors (Lipinski definition) is 2. The molecular formula is C16H25FO2Sn2. The Hall–Kier alpha value is -0.0426. The summed E-state index contributed by atoms with van der Waals surface area (Å²) in [6.07, 6.45) is 2.12. The number of halogens is 1. The fourth-order valence-electron chi connectivity index (χ4n) is 2.60. The summed E-state index contributed by atoms with van der Waals surface area (Å²) in [6.45, 7) is 1.30. The third kappa shape index (κ3) is 5.58. The van der Waals surface area contributed by atoms with Gasteiger partial charge in [-0.2, -0.15) is 0 Å². The second kappa shape index (κ2) is 7.02. The van der Waals surface area contributed by atoms with Crippen LogP contribution in [0.2, 0.25) is 29.6 Å². The second-order valence-electron chi connectivity index (χ2n) is 7.31. The van der Waals surface area contributed by atoms with E-state index in [0.717, 1.165) is 0 Å². The van der Waals surface area contributed by atoms with Crippen LogP contribution in [0.5, 0.6) is 5.75 Å². The first-order chi connectivity index (χ1) is 9.43. The molecule has 0 saturated heterocycles. The monoisotopic (exact) mass is 508 g/mol. The molecule has 2 nitrogen and oxygen atoms in total. The number of ether oxygens (including phenoxy) is 1. The zero-order valence-corrected chi connectivity index (χ0v) is 19.7. The van der Waals surface area contributed by atoms with Crippen LogP contribution in [0.3, 0.4) is 0 Å². The van der Waals surface area contributed by atoms with E-state index >= 15 is 0 Å². The van der Waals surface area contributed by atoms with Gasteiger partial charge in [-0.3, -0.25) is 0 Å². The number of esters is 1. The summed E-state index contributed by atoms with van der Waals surface area (Å²) in [5, 5.41) is 0. The molecule has 5 heteroatoms. The van der Waals surface area contributed by atoms with Crippen molar-refractivity contribution in [1.29, 1.82) is 0 Å². The maximum atomic E-state index is 14.0. The van der Waals surface area contributed by atoms with E-state index in [1.807, 2.05) is 6.07 Å². The summed E-state index contributed by atoms with van der Waals surface area (Å²) in [7, 11) is 0. The Labute approximate surface area is 135 Å². The van der Waals surface area contributed by atoms with Gasteiger partial charge in [0.1, 0.15) is 0 Å². The van der Waals surface area contributed by atoms with Gasteiger partial charge in [0.15, 0.2) is 0 Å². The molecule has 0 bridgehead atoms. The molecule has 1 aromatic carbocycles. The van der Waals surface area contributed by atoms with Crippen LogP contribution in [0.4, 0.5) is 4.39 Å². The minimum atomic E-state index is -2.27. The molecule has 0 N–H and O–H groups in total. The van der Waals surface area contributed by atoms with Crippen LogP contribution < -0.4 is 4.74 Å². The quantitative estimate of drug-likeness (QED) is 0.331. The van der Waals surface area contributed by atoms with Gasteiger partial charge in [0.05, 0.1) is 0 Å².